The molecule has 1 N–H and O–H groups in total. The van der Waals surface area contributed by atoms with Gasteiger partial charge in [-0.05, 0) is 30.5 Å². The summed E-state index contributed by atoms with van der Waals surface area (Å²) in [4.78, 5) is 8.98. The Morgan fingerprint density at radius 2 is 1.55 bits per heavy atom. The van der Waals surface area contributed by atoms with Gasteiger partial charge in [-0.1, -0.05) is 64.5 Å². The van der Waals surface area contributed by atoms with Gasteiger partial charge < -0.3 is 9.84 Å². The summed E-state index contributed by atoms with van der Waals surface area (Å²) in [6.45, 7) is 4.08. The van der Waals surface area contributed by atoms with Crippen LogP contribution in [0.3, 0.4) is 0 Å². The minimum absolute atomic E-state index is 0.0449. The molecule has 160 valence electrons. The average Bonchev–Trinajstić information content (AvgIpc) is 2.75. The summed E-state index contributed by atoms with van der Waals surface area (Å²) in [7, 11) is 0. The van der Waals surface area contributed by atoms with Crippen molar-refractivity contribution in [2.24, 2.45) is 0 Å². The zero-order valence-electron chi connectivity index (χ0n) is 17.8. The number of aromatic nitrogens is 2. The van der Waals surface area contributed by atoms with Crippen LogP contribution in [-0.2, 0) is 6.42 Å². The predicted molar refractivity (Wildman–Crippen MR) is 116 cm³/mol. The SMILES string of the molecule is CCCCCCCCc1ncc(-c2ccc(OC[C@@H](O)[C@@H](F)CCC)cc2)cn1. The van der Waals surface area contributed by atoms with Gasteiger partial charge in [0.15, 0.2) is 0 Å². The number of unbranched alkanes of at least 4 members (excludes halogenated alkanes) is 5. The summed E-state index contributed by atoms with van der Waals surface area (Å²) in [6, 6.07) is 7.48. The van der Waals surface area contributed by atoms with Crippen molar-refractivity contribution in [3.05, 3.63) is 42.5 Å². The molecule has 2 aromatic rings. The molecule has 4 nitrogen and oxygen atoms in total. The molecular formula is C24H35FN2O2. The van der Waals surface area contributed by atoms with Crippen molar-refractivity contribution in [2.75, 3.05) is 6.61 Å². The van der Waals surface area contributed by atoms with Crippen molar-refractivity contribution in [1.82, 2.24) is 9.97 Å². The second-order valence-electron chi connectivity index (χ2n) is 7.61. The monoisotopic (exact) mass is 402 g/mol. The maximum atomic E-state index is 13.6. The topological polar surface area (TPSA) is 55.2 Å². The molecule has 2 atom stereocenters. The maximum absolute atomic E-state index is 13.6. The highest BCUT2D eigenvalue weighted by molar-refractivity contribution is 5.62. The van der Waals surface area contributed by atoms with Crippen LogP contribution in [0.2, 0.25) is 0 Å². The number of alkyl halides is 1. The Labute approximate surface area is 174 Å². The zero-order valence-corrected chi connectivity index (χ0v) is 17.8. The van der Waals surface area contributed by atoms with Crippen LogP contribution >= 0.6 is 0 Å². The number of benzene rings is 1. The molecule has 1 aromatic carbocycles. The molecule has 0 saturated heterocycles. The highest BCUT2D eigenvalue weighted by Crippen LogP contribution is 2.22. The van der Waals surface area contributed by atoms with E-state index in [1.165, 1.54) is 32.1 Å². The fraction of sp³-hybridized carbons (Fsp3) is 0.583. The predicted octanol–water partition coefficient (Wildman–Crippen LogP) is 5.92. The molecular weight excluding hydrogens is 367 g/mol. The van der Waals surface area contributed by atoms with Crippen LogP contribution in [-0.4, -0.2) is 34.0 Å². The first-order valence-corrected chi connectivity index (χ1v) is 11.0. The zero-order chi connectivity index (χ0) is 20.9. The van der Waals surface area contributed by atoms with Gasteiger partial charge in [0.25, 0.3) is 0 Å². The van der Waals surface area contributed by atoms with Crippen LogP contribution in [0.15, 0.2) is 36.7 Å². The number of hydrogen-bond donors (Lipinski definition) is 1. The van der Waals surface area contributed by atoms with Gasteiger partial charge in [0, 0.05) is 24.4 Å². The van der Waals surface area contributed by atoms with Gasteiger partial charge in [-0.3, -0.25) is 0 Å². The van der Waals surface area contributed by atoms with E-state index in [-0.39, 0.29) is 6.61 Å². The Kier molecular flexibility index (Phi) is 10.6. The van der Waals surface area contributed by atoms with E-state index in [2.05, 4.69) is 16.9 Å². The normalized spacial score (nSPS) is 13.2. The number of aliphatic hydroxyl groups excluding tert-OH is 1. The van der Waals surface area contributed by atoms with Gasteiger partial charge >= 0.3 is 0 Å². The van der Waals surface area contributed by atoms with Crippen LogP contribution < -0.4 is 4.74 Å². The highest BCUT2D eigenvalue weighted by atomic mass is 19.1. The molecule has 29 heavy (non-hydrogen) atoms. The standard InChI is InChI=1S/C24H35FN2O2/c1-3-5-6-7-8-9-11-24-26-16-20(17-27-24)19-12-14-21(15-13-19)29-18-23(28)22(25)10-4-2/h12-17,22-23,28H,3-11,18H2,1-2H3/t22-,23+/m0/s1. The third kappa shape index (κ3) is 8.48. The Morgan fingerprint density at radius 1 is 0.897 bits per heavy atom. The van der Waals surface area contributed by atoms with E-state index in [1.807, 2.05) is 43.6 Å². The summed E-state index contributed by atoms with van der Waals surface area (Å²) in [5, 5.41) is 9.77. The van der Waals surface area contributed by atoms with Crippen molar-refractivity contribution >= 4 is 0 Å². The van der Waals surface area contributed by atoms with Crippen LogP contribution in [0.1, 0.15) is 71.0 Å². The van der Waals surface area contributed by atoms with Crippen molar-refractivity contribution in [3.8, 4) is 16.9 Å². The Bertz CT molecular complexity index is 676. The third-order valence-electron chi connectivity index (χ3n) is 5.05. The van der Waals surface area contributed by atoms with Crippen LogP contribution in [0.25, 0.3) is 11.1 Å². The molecule has 0 spiro atoms. The van der Waals surface area contributed by atoms with Gasteiger partial charge in [-0.2, -0.15) is 0 Å². The molecule has 0 unspecified atom stereocenters. The highest BCUT2D eigenvalue weighted by Gasteiger charge is 2.17. The van der Waals surface area contributed by atoms with Crippen molar-refractivity contribution in [1.29, 1.82) is 0 Å². The van der Waals surface area contributed by atoms with Crippen molar-refractivity contribution in [3.63, 3.8) is 0 Å². The number of aryl methyl sites for hydroxylation is 1. The van der Waals surface area contributed by atoms with Crippen molar-refractivity contribution in [2.45, 2.75) is 83.9 Å². The minimum atomic E-state index is -1.24. The van der Waals surface area contributed by atoms with Crippen LogP contribution in [0.5, 0.6) is 5.75 Å². The lowest BCUT2D eigenvalue weighted by atomic mass is 10.1. The molecule has 5 heteroatoms. The molecule has 0 bridgehead atoms. The summed E-state index contributed by atoms with van der Waals surface area (Å²) in [6.07, 6.45) is 10.9. The second-order valence-corrected chi connectivity index (χ2v) is 7.61. The molecule has 0 aliphatic heterocycles. The molecule has 0 fully saturated rings. The average molecular weight is 403 g/mol. The molecule has 0 aliphatic rings. The summed E-state index contributed by atoms with van der Waals surface area (Å²) >= 11 is 0. The van der Waals surface area contributed by atoms with E-state index >= 15 is 0 Å². The summed E-state index contributed by atoms with van der Waals surface area (Å²) in [5.74, 6) is 1.50. The molecule has 0 radical (unpaired) electrons. The lowest BCUT2D eigenvalue weighted by molar-refractivity contribution is 0.0331. The maximum Gasteiger partial charge on any atom is 0.129 e. The van der Waals surface area contributed by atoms with E-state index in [0.717, 1.165) is 29.8 Å². The number of rotatable bonds is 14. The first kappa shape index (κ1) is 23.3. The second kappa shape index (κ2) is 13.3. The van der Waals surface area contributed by atoms with Crippen LogP contribution in [0.4, 0.5) is 4.39 Å². The molecule has 1 aromatic heterocycles. The van der Waals surface area contributed by atoms with Gasteiger partial charge in [-0.15, -0.1) is 0 Å². The minimum Gasteiger partial charge on any atom is -0.491 e. The van der Waals surface area contributed by atoms with E-state index in [0.29, 0.717) is 18.6 Å². The Morgan fingerprint density at radius 3 is 2.21 bits per heavy atom. The number of halogens is 1. The number of aliphatic hydroxyl groups is 1. The Balaban J connectivity index is 1.79. The number of ether oxygens (including phenoxy) is 1. The molecule has 0 saturated carbocycles. The van der Waals surface area contributed by atoms with Gasteiger partial charge in [0.1, 0.15) is 30.5 Å². The van der Waals surface area contributed by atoms with Crippen molar-refractivity contribution < 1.29 is 14.2 Å². The molecule has 0 amide bonds. The van der Waals surface area contributed by atoms with E-state index < -0.39 is 12.3 Å². The van der Waals surface area contributed by atoms with E-state index in [4.69, 9.17) is 4.74 Å². The van der Waals surface area contributed by atoms with Gasteiger partial charge in [-0.25, -0.2) is 14.4 Å². The fourth-order valence-corrected chi connectivity index (χ4v) is 3.19. The van der Waals surface area contributed by atoms with Crippen LogP contribution in [0, 0.1) is 0 Å². The summed E-state index contributed by atoms with van der Waals surface area (Å²) < 4.78 is 19.1. The fourth-order valence-electron chi connectivity index (χ4n) is 3.19. The third-order valence-corrected chi connectivity index (χ3v) is 5.05. The largest absolute Gasteiger partial charge is 0.491 e. The van der Waals surface area contributed by atoms with Gasteiger partial charge in [0.2, 0.25) is 0 Å². The lowest BCUT2D eigenvalue weighted by Crippen LogP contribution is -2.28. The number of hydrogen-bond acceptors (Lipinski definition) is 4. The molecule has 2 rings (SSSR count). The lowest BCUT2D eigenvalue weighted by Gasteiger charge is -2.16. The summed E-state index contributed by atoms with van der Waals surface area (Å²) in [5.41, 5.74) is 1.95. The van der Waals surface area contributed by atoms with E-state index in [1.54, 1.807) is 0 Å². The number of nitrogens with zero attached hydrogens (tertiary/aromatic N) is 2. The first-order chi connectivity index (χ1) is 14.1. The molecule has 0 aliphatic carbocycles. The molecule has 1 heterocycles. The first-order valence-electron chi connectivity index (χ1n) is 11.0. The quantitative estimate of drug-likeness (QED) is 0.398. The van der Waals surface area contributed by atoms with Gasteiger partial charge in [0.05, 0.1) is 0 Å². The Hall–Kier alpha value is -2.01. The smallest absolute Gasteiger partial charge is 0.129 e. The van der Waals surface area contributed by atoms with E-state index in [9.17, 15) is 9.50 Å².